The molecule has 5 nitrogen and oxygen atoms in total. The van der Waals surface area contributed by atoms with E-state index in [0.29, 0.717) is 5.69 Å². The first-order chi connectivity index (χ1) is 9.84. The van der Waals surface area contributed by atoms with Gasteiger partial charge in [0.1, 0.15) is 0 Å². The van der Waals surface area contributed by atoms with E-state index in [1.165, 1.54) is 0 Å². The first kappa shape index (κ1) is 15.8. The zero-order valence-corrected chi connectivity index (χ0v) is 13.0. The summed E-state index contributed by atoms with van der Waals surface area (Å²) in [4.78, 5) is 12.1. The molecule has 1 aliphatic carbocycles. The van der Waals surface area contributed by atoms with E-state index in [1.54, 1.807) is 26.2 Å². The lowest BCUT2D eigenvalue weighted by atomic mass is 9.64. The van der Waals surface area contributed by atoms with Crippen LogP contribution in [-0.4, -0.2) is 30.4 Å². The van der Waals surface area contributed by atoms with Gasteiger partial charge in [-0.2, -0.15) is 0 Å². The highest BCUT2D eigenvalue weighted by Gasteiger charge is 2.49. The lowest BCUT2D eigenvalue weighted by molar-refractivity contribution is -0.0931. The normalized spacial score (nSPS) is 24.8. The molecule has 5 heteroatoms. The Balaban J connectivity index is 1.93. The summed E-state index contributed by atoms with van der Waals surface area (Å²) in [5.74, 6) is 0. The predicted molar refractivity (Wildman–Crippen MR) is 82.2 cm³/mol. The molecule has 0 spiro atoms. The second-order valence-electron chi connectivity index (χ2n) is 6.23. The first-order valence-electron chi connectivity index (χ1n) is 7.23. The molecule has 3 unspecified atom stereocenters. The largest absolute Gasteiger partial charge is 0.389 e. The molecule has 0 aliphatic heterocycles. The molecule has 2 amide bonds. The number of rotatable bonds is 4. The van der Waals surface area contributed by atoms with Crippen molar-refractivity contribution < 1.29 is 14.6 Å². The van der Waals surface area contributed by atoms with E-state index >= 15 is 0 Å². The maximum Gasteiger partial charge on any atom is 0.319 e. The van der Waals surface area contributed by atoms with Crippen LogP contribution in [0.3, 0.4) is 0 Å². The number of carbonyl (C=O) groups excluding carboxylic acids is 1. The van der Waals surface area contributed by atoms with Crippen LogP contribution < -0.4 is 10.6 Å². The summed E-state index contributed by atoms with van der Waals surface area (Å²) in [6.45, 7) is 5.87. The fourth-order valence-corrected chi connectivity index (χ4v) is 2.73. The minimum atomic E-state index is -0.553. The molecule has 0 saturated heterocycles. The minimum Gasteiger partial charge on any atom is -0.389 e. The second kappa shape index (κ2) is 6.03. The van der Waals surface area contributed by atoms with Gasteiger partial charge in [-0.25, -0.2) is 4.79 Å². The van der Waals surface area contributed by atoms with E-state index in [9.17, 15) is 9.90 Å². The van der Waals surface area contributed by atoms with E-state index < -0.39 is 6.10 Å². The molecule has 1 aromatic carbocycles. The van der Waals surface area contributed by atoms with E-state index in [4.69, 9.17) is 4.74 Å². The number of amides is 2. The SMILES string of the molecule is COC1CC(NC(=O)Nc2cccc(C(C)O)c2)C1(C)C. The minimum absolute atomic E-state index is 0.0620. The van der Waals surface area contributed by atoms with Gasteiger partial charge in [-0.05, 0) is 31.0 Å². The molecular weight excluding hydrogens is 268 g/mol. The lowest BCUT2D eigenvalue weighted by Gasteiger charge is -2.51. The van der Waals surface area contributed by atoms with Gasteiger partial charge in [0, 0.05) is 24.3 Å². The number of nitrogens with one attached hydrogen (secondary N) is 2. The van der Waals surface area contributed by atoms with Gasteiger partial charge in [0.2, 0.25) is 0 Å². The summed E-state index contributed by atoms with van der Waals surface area (Å²) in [7, 11) is 1.70. The number of methoxy groups -OCH3 is 1. The number of hydrogen-bond acceptors (Lipinski definition) is 3. The number of urea groups is 1. The van der Waals surface area contributed by atoms with Crippen LogP contribution in [-0.2, 0) is 4.74 Å². The Morgan fingerprint density at radius 1 is 1.48 bits per heavy atom. The topological polar surface area (TPSA) is 70.6 Å². The highest BCUT2D eigenvalue weighted by molar-refractivity contribution is 5.89. The summed E-state index contributed by atoms with van der Waals surface area (Å²) < 4.78 is 5.37. The van der Waals surface area contributed by atoms with Crippen molar-refractivity contribution >= 4 is 11.7 Å². The van der Waals surface area contributed by atoms with Gasteiger partial charge in [-0.1, -0.05) is 26.0 Å². The molecule has 0 bridgehead atoms. The zero-order chi connectivity index (χ0) is 15.6. The van der Waals surface area contributed by atoms with Gasteiger partial charge in [0.05, 0.1) is 12.2 Å². The molecule has 3 atom stereocenters. The quantitative estimate of drug-likeness (QED) is 0.799. The highest BCUT2D eigenvalue weighted by atomic mass is 16.5. The zero-order valence-electron chi connectivity index (χ0n) is 13.0. The van der Waals surface area contributed by atoms with Gasteiger partial charge in [0.15, 0.2) is 0 Å². The number of hydrogen-bond donors (Lipinski definition) is 3. The van der Waals surface area contributed by atoms with Crippen molar-refractivity contribution in [3.8, 4) is 0 Å². The third kappa shape index (κ3) is 3.36. The number of ether oxygens (including phenoxy) is 1. The summed E-state index contributed by atoms with van der Waals surface area (Å²) in [5, 5.41) is 15.3. The van der Waals surface area contributed by atoms with Crippen LogP contribution in [0.25, 0.3) is 0 Å². The molecular formula is C16H24N2O3. The number of aliphatic hydroxyl groups is 1. The molecule has 1 aliphatic rings. The Kier molecular flexibility index (Phi) is 4.54. The fraction of sp³-hybridized carbons (Fsp3) is 0.562. The molecule has 2 rings (SSSR count). The molecule has 1 saturated carbocycles. The van der Waals surface area contributed by atoms with Crippen LogP contribution in [0.2, 0.25) is 0 Å². The van der Waals surface area contributed by atoms with Crippen LogP contribution >= 0.6 is 0 Å². The summed E-state index contributed by atoms with van der Waals surface area (Å²) in [6.07, 6.45) is 0.453. The number of carbonyl (C=O) groups is 1. The third-order valence-corrected chi connectivity index (χ3v) is 4.39. The Hall–Kier alpha value is -1.59. The monoisotopic (exact) mass is 292 g/mol. The van der Waals surface area contributed by atoms with Crippen LogP contribution in [0.4, 0.5) is 10.5 Å². The van der Waals surface area contributed by atoms with E-state index in [1.807, 2.05) is 12.1 Å². The van der Waals surface area contributed by atoms with Gasteiger partial charge >= 0.3 is 6.03 Å². The molecule has 21 heavy (non-hydrogen) atoms. The molecule has 116 valence electrons. The molecule has 0 aromatic heterocycles. The lowest BCUT2D eigenvalue weighted by Crippen LogP contribution is -2.62. The summed E-state index contributed by atoms with van der Waals surface area (Å²) >= 11 is 0. The van der Waals surface area contributed by atoms with Crippen LogP contribution in [0.15, 0.2) is 24.3 Å². The van der Waals surface area contributed by atoms with Crippen molar-refractivity contribution in [3.63, 3.8) is 0 Å². The molecule has 1 fully saturated rings. The smallest absolute Gasteiger partial charge is 0.319 e. The van der Waals surface area contributed by atoms with Gasteiger partial charge in [0.25, 0.3) is 0 Å². The Bertz CT molecular complexity index is 514. The van der Waals surface area contributed by atoms with Crippen molar-refractivity contribution in [2.24, 2.45) is 5.41 Å². The first-order valence-corrected chi connectivity index (χ1v) is 7.23. The molecule has 0 radical (unpaired) electrons. The maximum atomic E-state index is 12.1. The van der Waals surface area contributed by atoms with Crippen molar-refractivity contribution in [2.75, 3.05) is 12.4 Å². The molecule has 0 heterocycles. The average molecular weight is 292 g/mol. The summed E-state index contributed by atoms with van der Waals surface area (Å²) in [6, 6.07) is 7.08. The maximum absolute atomic E-state index is 12.1. The van der Waals surface area contributed by atoms with Crippen molar-refractivity contribution in [2.45, 2.75) is 45.4 Å². The highest BCUT2D eigenvalue weighted by Crippen LogP contribution is 2.42. The standard InChI is InChI=1S/C16H24N2O3/c1-10(19)11-6-5-7-12(8-11)17-15(20)18-13-9-14(21-4)16(13,2)3/h5-8,10,13-14,19H,9H2,1-4H3,(H2,17,18,20). The van der Waals surface area contributed by atoms with E-state index in [0.717, 1.165) is 12.0 Å². The predicted octanol–water partition coefficient (Wildman–Crippen LogP) is 2.67. The van der Waals surface area contributed by atoms with Crippen molar-refractivity contribution in [1.29, 1.82) is 0 Å². The number of aliphatic hydroxyl groups excluding tert-OH is 1. The Morgan fingerprint density at radius 2 is 2.19 bits per heavy atom. The Morgan fingerprint density at radius 3 is 2.76 bits per heavy atom. The Labute approximate surface area is 125 Å². The number of anilines is 1. The van der Waals surface area contributed by atoms with Gasteiger partial charge < -0.3 is 20.5 Å². The molecule has 3 N–H and O–H groups in total. The third-order valence-electron chi connectivity index (χ3n) is 4.39. The van der Waals surface area contributed by atoms with Gasteiger partial charge in [-0.15, -0.1) is 0 Å². The van der Waals surface area contributed by atoms with Crippen molar-refractivity contribution in [1.82, 2.24) is 5.32 Å². The van der Waals surface area contributed by atoms with Crippen molar-refractivity contribution in [3.05, 3.63) is 29.8 Å². The summed E-state index contributed by atoms with van der Waals surface area (Å²) in [5.41, 5.74) is 1.38. The molecule has 1 aromatic rings. The van der Waals surface area contributed by atoms with Crippen LogP contribution in [0, 0.1) is 5.41 Å². The van der Waals surface area contributed by atoms with Crippen LogP contribution in [0.5, 0.6) is 0 Å². The average Bonchev–Trinajstić information content (AvgIpc) is 2.43. The van der Waals surface area contributed by atoms with E-state index in [-0.39, 0.29) is 23.6 Å². The van der Waals surface area contributed by atoms with E-state index in [2.05, 4.69) is 24.5 Å². The fourth-order valence-electron chi connectivity index (χ4n) is 2.73. The second-order valence-corrected chi connectivity index (χ2v) is 6.23. The van der Waals surface area contributed by atoms with Gasteiger partial charge in [-0.3, -0.25) is 0 Å². The van der Waals surface area contributed by atoms with Crippen LogP contribution in [0.1, 0.15) is 38.9 Å². The number of benzene rings is 1.